The monoisotopic (exact) mass is 318 g/mol. The molecule has 0 radical (unpaired) electrons. The van der Waals surface area contributed by atoms with Gasteiger partial charge in [0.15, 0.2) is 9.84 Å². The Kier molecular flexibility index (Phi) is 6.02. The fourth-order valence-electron chi connectivity index (χ4n) is 2.03. The van der Waals surface area contributed by atoms with Crippen molar-refractivity contribution in [2.75, 3.05) is 5.75 Å². The van der Waals surface area contributed by atoms with Crippen LogP contribution in [0.5, 0.6) is 0 Å². The van der Waals surface area contributed by atoms with Gasteiger partial charge >= 0.3 is 5.97 Å². The largest absolute Gasteiger partial charge is 0.478 e. The third-order valence-electron chi connectivity index (χ3n) is 3.16. The van der Waals surface area contributed by atoms with Gasteiger partial charge in [0.1, 0.15) is 0 Å². The van der Waals surface area contributed by atoms with E-state index >= 15 is 0 Å². The number of hydrogen-bond donors (Lipinski definition) is 1. The molecule has 0 aliphatic rings. The van der Waals surface area contributed by atoms with Crippen molar-refractivity contribution in [2.45, 2.75) is 44.4 Å². The molecular formula is C14H19ClO4S. The van der Waals surface area contributed by atoms with Crippen LogP contribution in [0.15, 0.2) is 17.0 Å². The van der Waals surface area contributed by atoms with Crippen LogP contribution in [0, 0.1) is 6.92 Å². The number of rotatable bonds is 7. The Hall–Kier alpha value is -1.07. The van der Waals surface area contributed by atoms with Crippen LogP contribution in [-0.2, 0) is 9.84 Å². The lowest BCUT2D eigenvalue weighted by Gasteiger charge is -2.11. The molecule has 0 atom stereocenters. The molecule has 0 unspecified atom stereocenters. The third kappa shape index (κ3) is 4.21. The van der Waals surface area contributed by atoms with E-state index in [1.807, 2.05) is 0 Å². The highest BCUT2D eigenvalue weighted by molar-refractivity contribution is 7.91. The first-order chi connectivity index (χ1) is 9.29. The highest BCUT2D eigenvalue weighted by atomic mass is 35.5. The van der Waals surface area contributed by atoms with Gasteiger partial charge in [-0.15, -0.1) is 0 Å². The summed E-state index contributed by atoms with van der Waals surface area (Å²) in [7, 11) is -3.50. The van der Waals surface area contributed by atoms with Crippen molar-refractivity contribution in [3.63, 3.8) is 0 Å². The smallest absolute Gasteiger partial charge is 0.336 e. The van der Waals surface area contributed by atoms with Crippen molar-refractivity contribution in [3.8, 4) is 0 Å². The molecule has 0 saturated heterocycles. The summed E-state index contributed by atoms with van der Waals surface area (Å²) in [4.78, 5) is 11.1. The van der Waals surface area contributed by atoms with E-state index < -0.39 is 15.8 Å². The van der Waals surface area contributed by atoms with Gasteiger partial charge in [0, 0.05) is 5.02 Å². The number of carboxylic acid groups (broad SMARTS) is 1. The number of unbranched alkanes of at least 4 members (excludes halogenated alkanes) is 3. The molecule has 20 heavy (non-hydrogen) atoms. The topological polar surface area (TPSA) is 71.4 Å². The van der Waals surface area contributed by atoms with E-state index in [2.05, 4.69) is 6.92 Å². The Bertz CT molecular complexity index is 593. The number of carboxylic acids is 1. The van der Waals surface area contributed by atoms with Crippen molar-refractivity contribution in [3.05, 3.63) is 28.3 Å². The van der Waals surface area contributed by atoms with Crippen LogP contribution in [0.4, 0.5) is 0 Å². The van der Waals surface area contributed by atoms with Crippen LogP contribution >= 0.6 is 11.6 Å². The van der Waals surface area contributed by atoms with E-state index in [1.165, 1.54) is 19.1 Å². The van der Waals surface area contributed by atoms with Gasteiger partial charge in [-0.25, -0.2) is 13.2 Å². The van der Waals surface area contributed by atoms with Gasteiger partial charge in [0.2, 0.25) is 0 Å². The minimum atomic E-state index is -3.50. The SMILES string of the molecule is CCCCCCS(=O)(=O)c1cc(Cl)cc(C(=O)O)c1C. The van der Waals surface area contributed by atoms with Gasteiger partial charge in [0.25, 0.3) is 0 Å². The van der Waals surface area contributed by atoms with Crippen LogP contribution in [-0.4, -0.2) is 25.2 Å². The Morgan fingerprint density at radius 1 is 1.25 bits per heavy atom. The molecular weight excluding hydrogens is 300 g/mol. The molecule has 0 amide bonds. The highest BCUT2D eigenvalue weighted by Crippen LogP contribution is 2.26. The molecule has 1 rings (SSSR count). The molecule has 0 heterocycles. The van der Waals surface area contributed by atoms with Crippen molar-refractivity contribution in [1.29, 1.82) is 0 Å². The standard InChI is InChI=1S/C14H19ClO4S/c1-3-4-5-6-7-20(18,19)13-9-11(15)8-12(10(13)2)14(16)17/h8-9H,3-7H2,1-2H3,(H,16,17). The number of carbonyl (C=O) groups is 1. The molecule has 0 aromatic heterocycles. The Morgan fingerprint density at radius 2 is 1.90 bits per heavy atom. The zero-order valence-corrected chi connectivity index (χ0v) is 13.2. The maximum Gasteiger partial charge on any atom is 0.336 e. The van der Waals surface area contributed by atoms with Gasteiger partial charge in [-0.2, -0.15) is 0 Å². The quantitative estimate of drug-likeness (QED) is 0.778. The van der Waals surface area contributed by atoms with Gasteiger partial charge in [-0.3, -0.25) is 0 Å². The molecule has 0 aliphatic carbocycles. The molecule has 0 fully saturated rings. The summed E-state index contributed by atoms with van der Waals surface area (Å²) >= 11 is 5.83. The minimum Gasteiger partial charge on any atom is -0.478 e. The van der Waals surface area contributed by atoms with Crippen molar-refractivity contribution < 1.29 is 18.3 Å². The molecule has 1 aromatic rings. The summed E-state index contributed by atoms with van der Waals surface area (Å²) in [6, 6.07) is 2.60. The number of sulfone groups is 1. The summed E-state index contributed by atoms with van der Waals surface area (Å²) in [6.07, 6.45) is 3.44. The first-order valence-corrected chi connectivity index (χ1v) is 8.58. The van der Waals surface area contributed by atoms with E-state index in [9.17, 15) is 13.2 Å². The van der Waals surface area contributed by atoms with Crippen molar-refractivity contribution in [1.82, 2.24) is 0 Å². The summed E-state index contributed by atoms with van der Waals surface area (Å²) in [5.41, 5.74) is 0.182. The summed E-state index contributed by atoms with van der Waals surface area (Å²) in [5, 5.41) is 9.20. The van der Waals surface area contributed by atoms with Crippen LogP contribution in [0.3, 0.4) is 0 Å². The second-order valence-corrected chi connectivity index (χ2v) is 7.28. The minimum absolute atomic E-state index is 0.0211. The molecule has 1 aromatic carbocycles. The normalized spacial score (nSPS) is 11.6. The zero-order valence-electron chi connectivity index (χ0n) is 11.6. The molecule has 0 spiro atoms. The lowest BCUT2D eigenvalue weighted by atomic mass is 10.1. The number of halogens is 1. The van der Waals surface area contributed by atoms with Gasteiger partial charge in [0.05, 0.1) is 16.2 Å². The second kappa shape index (κ2) is 7.09. The molecule has 1 N–H and O–H groups in total. The first kappa shape index (κ1) is 17.0. The second-order valence-electron chi connectivity index (χ2n) is 4.76. The molecule has 0 bridgehead atoms. The number of hydrogen-bond acceptors (Lipinski definition) is 3. The van der Waals surface area contributed by atoms with E-state index in [4.69, 9.17) is 16.7 Å². The van der Waals surface area contributed by atoms with Crippen molar-refractivity contribution in [2.24, 2.45) is 0 Å². The van der Waals surface area contributed by atoms with Gasteiger partial charge < -0.3 is 5.11 Å². The molecule has 6 heteroatoms. The van der Waals surface area contributed by atoms with Crippen molar-refractivity contribution >= 4 is 27.4 Å². The average Bonchev–Trinajstić information content (AvgIpc) is 2.36. The van der Waals surface area contributed by atoms with Gasteiger partial charge in [-0.05, 0) is 31.0 Å². The lowest BCUT2D eigenvalue weighted by molar-refractivity contribution is 0.0696. The van der Waals surface area contributed by atoms with Crippen LogP contribution in [0.1, 0.15) is 48.5 Å². The zero-order chi connectivity index (χ0) is 15.3. The number of benzene rings is 1. The third-order valence-corrected chi connectivity index (χ3v) is 5.30. The fraction of sp³-hybridized carbons (Fsp3) is 0.500. The lowest BCUT2D eigenvalue weighted by Crippen LogP contribution is -2.11. The molecule has 4 nitrogen and oxygen atoms in total. The molecule has 0 aliphatic heterocycles. The van der Waals surface area contributed by atoms with E-state index in [0.29, 0.717) is 6.42 Å². The maximum absolute atomic E-state index is 12.3. The van der Waals surface area contributed by atoms with E-state index in [1.54, 1.807) is 0 Å². The number of aromatic carboxylic acids is 1. The van der Waals surface area contributed by atoms with Crippen LogP contribution in [0.2, 0.25) is 5.02 Å². The summed E-state index contributed by atoms with van der Waals surface area (Å²) < 4.78 is 24.6. The molecule has 0 saturated carbocycles. The average molecular weight is 319 g/mol. The predicted molar refractivity (Wildman–Crippen MR) is 79.3 cm³/mol. The Labute approximate surface area is 124 Å². The maximum atomic E-state index is 12.3. The van der Waals surface area contributed by atoms with Gasteiger partial charge in [-0.1, -0.05) is 37.8 Å². The summed E-state index contributed by atoms with van der Waals surface area (Å²) in [6.45, 7) is 3.55. The predicted octanol–water partition coefficient (Wildman–Crippen LogP) is 3.70. The van der Waals surface area contributed by atoms with E-state index in [0.717, 1.165) is 19.3 Å². The fourth-order valence-corrected chi connectivity index (χ4v) is 4.00. The Balaban J connectivity index is 3.09. The van der Waals surface area contributed by atoms with Crippen LogP contribution < -0.4 is 0 Å². The highest BCUT2D eigenvalue weighted by Gasteiger charge is 2.21. The first-order valence-electron chi connectivity index (χ1n) is 6.55. The van der Waals surface area contributed by atoms with E-state index in [-0.39, 0.29) is 26.8 Å². The Morgan fingerprint density at radius 3 is 2.45 bits per heavy atom. The summed E-state index contributed by atoms with van der Waals surface area (Å²) in [5.74, 6) is -1.15. The molecule has 112 valence electrons. The van der Waals surface area contributed by atoms with Crippen LogP contribution in [0.25, 0.3) is 0 Å².